The third-order valence-electron chi connectivity index (χ3n) is 5.02. The summed E-state index contributed by atoms with van der Waals surface area (Å²) in [4.78, 5) is 36.8. The van der Waals surface area contributed by atoms with E-state index in [1.165, 1.54) is 0 Å². The van der Waals surface area contributed by atoms with Crippen molar-refractivity contribution in [2.45, 2.75) is 12.3 Å². The first-order valence-corrected chi connectivity index (χ1v) is 9.02. The topological polar surface area (TPSA) is 81.3 Å². The van der Waals surface area contributed by atoms with Crippen molar-refractivity contribution in [3.8, 4) is 0 Å². The van der Waals surface area contributed by atoms with E-state index in [0.717, 1.165) is 31.7 Å². The molecule has 0 unspecified atom stereocenters. The van der Waals surface area contributed by atoms with Gasteiger partial charge in [0, 0.05) is 43.5 Å². The molecule has 0 aliphatic carbocycles. The number of piperazine rings is 1. The van der Waals surface area contributed by atoms with Gasteiger partial charge in [-0.3, -0.25) is 14.6 Å². The van der Waals surface area contributed by atoms with Crippen LogP contribution < -0.4 is 15.8 Å². The molecule has 1 amide bonds. The lowest BCUT2D eigenvalue weighted by Gasteiger charge is -2.33. The molecule has 2 N–H and O–H groups in total. The molecule has 7 nitrogen and oxygen atoms in total. The van der Waals surface area contributed by atoms with Gasteiger partial charge in [-0.15, -0.1) is 0 Å². The van der Waals surface area contributed by atoms with Gasteiger partial charge in [-0.1, -0.05) is 29.8 Å². The summed E-state index contributed by atoms with van der Waals surface area (Å²) in [6.45, 7) is 3.35. The molecule has 4 rings (SSSR count). The molecule has 1 fully saturated rings. The van der Waals surface area contributed by atoms with Crippen molar-refractivity contribution < 1.29 is 4.79 Å². The van der Waals surface area contributed by atoms with Crippen LogP contribution in [-0.2, 0) is 4.79 Å². The summed E-state index contributed by atoms with van der Waals surface area (Å²) in [5.74, 6) is 0.279. The highest BCUT2D eigenvalue weighted by Gasteiger charge is 2.32. The first-order chi connectivity index (χ1) is 12.5. The second-order valence-corrected chi connectivity index (χ2v) is 7.18. The van der Waals surface area contributed by atoms with Crippen LogP contribution in [0.1, 0.15) is 23.5 Å². The molecule has 3 heterocycles. The standard InChI is InChI=1S/C18H20ClN5O2/c1-23-6-8-24(9-7-23)18-21-16-15(17(26)22-18)12(10-14(25)20-16)11-4-2-3-5-13(11)19/h2-5,12H,6-10H2,1H3,(H2,20,21,22,25,26)/t12-/m1/s1. The Kier molecular flexibility index (Phi) is 4.42. The molecule has 1 saturated heterocycles. The largest absolute Gasteiger partial charge is 0.340 e. The van der Waals surface area contributed by atoms with Gasteiger partial charge < -0.3 is 15.1 Å². The first-order valence-electron chi connectivity index (χ1n) is 8.65. The van der Waals surface area contributed by atoms with E-state index < -0.39 is 5.92 Å². The summed E-state index contributed by atoms with van der Waals surface area (Å²) in [6, 6.07) is 7.30. The van der Waals surface area contributed by atoms with E-state index in [1.54, 1.807) is 6.07 Å². The Balaban J connectivity index is 1.76. The van der Waals surface area contributed by atoms with Gasteiger partial charge in [0.2, 0.25) is 11.9 Å². The number of fused-ring (bicyclic) bond motifs is 1. The normalized spacial score (nSPS) is 20.6. The van der Waals surface area contributed by atoms with Gasteiger partial charge in [0.15, 0.2) is 0 Å². The van der Waals surface area contributed by atoms with E-state index in [2.05, 4.69) is 27.2 Å². The Morgan fingerprint density at radius 3 is 2.62 bits per heavy atom. The number of benzene rings is 1. The molecule has 1 aromatic carbocycles. The van der Waals surface area contributed by atoms with Crippen LogP contribution in [-0.4, -0.2) is 54.0 Å². The van der Waals surface area contributed by atoms with E-state index in [9.17, 15) is 9.59 Å². The number of hydrogen-bond acceptors (Lipinski definition) is 5. The van der Waals surface area contributed by atoms with Crippen LogP contribution in [0.15, 0.2) is 29.1 Å². The zero-order chi connectivity index (χ0) is 18.3. The molecule has 1 atom stereocenters. The third kappa shape index (κ3) is 3.08. The van der Waals surface area contributed by atoms with E-state index >= 15 is 0 Å². The van der Waals surface area contributed by atoms with Crippen molar-refractivity contribution in [2.24, 2.45) is 0 Å². The van der Waals surface area contributed by atoms with Crippen LogP contribution in [0.2, 0.25) is 5.02 Å². The lowest BCUT2D eigenvalue weighted by atomic mass is 9.87. The maximum atomic E-state index is 12.9. The zero-order valence-electron chi connectivity index (χ0n) is 14.5. The highest BCUT2D eigenvalue weighted by molar-refractivity contribution is 6.31. The van der Waals surface area contributed by atoms with E-state index in [0.29, 0.717) is 22.4 Å². The number of aromatic amines is 1. The molecule has 2 aliphatic heterocycles. The van der Waals surface area contributed by atoms with Gasteiger partial charge in [-0.05, 0) is 18.7 Å². The number of carbonyl (C=O) groups is 1. The number of nitrogens with one attached hydrogen (secondary N) is 2. The fourth-order valence-electron chi connectivity index (χ4n) is 3.55. The predicted molar refractivity (Wildman–Crippen MR) is 101 cm³/mol. The van der Waals surface area contributed by atoms with Gasteiger partial charge in [0.1, 0.15) is 5.82 Å². The number of nitrogens with zero attached hydrogens (tertiary/aromatic N) is 3. The quantitative estimate of drug-likeness (QED) is 0.836. The molecule has 1 aromatic heterocycles. The molecule has 0 spiro atoms. The average Bonchev–Trinajstić information content (AvgIpc) is 2.61. The summed E-state index contributed by atoms with van der Waals surface area (Å²) in [7, 11) is 2.06. The number of anilines is 2. The van der Waals surface area contributed by atoms with Crippen molar-refractivity contribution in [2.75, 3.05) is 43.4 Å². The van der Waals surface area contributed by atoms with Crippen LogP contribution in [0.3, 0.4) is 0 Å². The maximum absolute atomic E-state index is 12.9. The number of carbonyl (C=O) groups excluding carboxylic acids is 1. The highest BCUT2D eigenvalue weighted by atomic mass is 35.5. The van der Waals surface area contributed by atoms with Gasteiger partial charge in [0.25, 0.3) is 5.56 Å². The molecule has 26 heavy (non-hydrogen) atoms. The van der Waals surface area contributed by atoms with Crippen molar-refractivity contribution in [3.05, 3.63) is 50.8 Å². The van der Waals surface area contributed by atoms with Gasteiger partial charge in [0.05, 0.1) is 5.56 Å². The van der Waals surface area contributed by atoms with Crippen molar-refractivity contribution in [1.82, 2.24) is 14.9 Å². The Morgan fingerprint density at radius 1 is 1.15 bits per heavy atom. The molecule has 8 heteroatoms. The minimum atomic E-state index is -0.398. The summed E-state index contributed by atoms with van der Waals surface area (Å²) < 4.78 is 0. The van der Waals surface area contributed by atoms with Gasteiger partial charge in [-0.25, -0.2) is 0 Å². The first kappa shape index (κ1) is 17.1. The molecular weight excluding hydrogens is 354 g/mol. The highest BCUT2D eigenvalue weighted by Crippen LogP contribution is 2.37. The van der Waals surface area contributed by atoms with E-state index in [4.69, 9.17) is 11.6 Å². The van der Waals surface area contributed by atoms with E-state index in [-0.39, 0.29) is 17.9 Å². The zero-order valence-corrected chi connectivity index (χ0v) is 15.2. The second-order valence-electron chi connectivity index (χ2n) is 6.77. The van der Waals surface area contributed by atoms with E-state index in [1.807, 2.05) is 23.1 Å². The fourth-order valence-corrected chi connectivity index (χ4v) is 3.82. The average molecular weight is 374 g/mol. The number of halogens is 1. The fraction of sp³-hybridized carbons (Fsp3) is 0.389. The number of rotatable bonds is 2. The SMILES string of the molecule is CN1CCN(c2nc3c(c(=O)[nH]2)[C@@H](c2ccccc2Cl)CC(=O)N3)CC1. The second kappa shape index (κ2) is 6.74. The van der Waals surface area contributed by atoms with Crippen molar-refractivity contribution >= 4 is 29.3 Å². The minimum absolute atomic E-state index is 0.162. The molecule has 2 aliphatic rings. The number of aromatic nitrogens is 2. The van der Waals surface area contributed by atoms with Crippen LogP contribution in [0.4, 0.5) is 11.8 Å². The van der Waals surface area contributed by atoms with Crippen LogP contribution in [0.5, 0.6) is 0 Å². The molecule has 0 radical (unpaired) electrons. The van der Waals surface area contributed by atoms with Gasteiger partial charge >= 0.3 is 0 Å². The predicted octanol–water partition coefficient (Wildman–Crippen LogP) is 1.65. The molecule has 0 bridgehead atoms. The summed E-state index contributed by atoms with van der Waals surface area (Å²) in [6.07, 6.45) is 0.176. The lowest BCUT2D eigenvalue weighted by molar-refractivity contribution is -0.116. The third-order valence-corrected chi connectivity index (χ3v) is 5.37. The Hall–Kier alpha value is -2.38. The Morgan fingerprint density at radius 2 is 1.88 bits per heavy atom. The Labute approximate surface area is 156 Å². The summed E-state index contributed by atoms with van der Waals surface area (Å²) in [5, 5.41) is 3.30. The monoisotopic (exact) mass is 373 g/mol. The lowest BCUT2D eigenvalue weighted by Crippen LogP contribution is -2.46. The van der Waals surface area contributed by atoms with Crippen LogP contribution in [0.25, 0.3) is 0 Å². The molecule has 136 valence electrons. The Bertz CT molecular complexity index is 905. The number of amides is 1. The number of H-pyrrole nitrogens is 1. The summed E-state index contributed by atoms with van der Waals surface area (Å²) >= 11 is 6.31. The molecule has 2 aromatic rings. The number of hydrogen-bond donors (Lipinski definition) is 2. The van der Waals surface area contributed by atoms with Crippen molar-refractivity contribution in [1.29, 1.82) is 0 Å². The van der Waals surface area contributed by atoms with Crippen molar-refractivity contribution in [3.63, 3.8) is 0 Å². The smallest absolute Gasteiger partial charge is 0.258 e. The summed E-state index contributed by atoms with van der Waals surface area (Å²) in [5.41, 5.74) is 1.01. The van der Waals surface area contributed by atoms with Gasteiger partial charge in [-0.2, -0.15) is 4.98 Å². The minimum Gasteiger partial charge on any atom is -0.340 e. The van der Waals surface area contributed by atoms with Crippen LogP contribution >= 0.6 is 11.6 Å². The molecule has 0 saturated carbocycles. The van der Waals surface area contributed by atoms with Crippen LogP contribution in [0, 0.1) is 0 Å². The maximum Gasteiger partial charge on any atom is 0.258 e. The number of likely N-dealkylation sites (N-methyl/N-ethyl adjacent to an activating group) is 1. The molecular formula is C18H20ClN5O2.